The van der Waals surface area contributed by atoms with Crippen molar-refractivity contribution in [3.8, 4) is 22.4 Å². The van der Waals surface area contributed by atoms with Crippen molar-refractivity contribution in [1.29, 1.82) is 0 Å². The minimum atomic E-state index is -0.828. The van der Waals surface area contributed by atoms with Gasteiger partial charge in [-0.15, -0.1) is 0 Å². The van der Waals surface area contributed by atoms with Crippen LogP contribution in [0, 0.1) is 5.92 Å². The highest BCUT2D eigenvalue weighted by Gasteiger charge is 2.23. The molecule has 0 bridgehead atoms. The van der Waals surface area contributed by atoms with E-state index in [1.165, 1.54) is 0 Å². The predicted molar refractivity (Wildman–Crippen MR) is 167 cm³/mol. The highest BCUT2D eigenvalue weighted by atomic mass is 16.2. The van der Waals surface area contributed by atoms with E-state index in [1.54, 1.807) is 24.4 Å². The number of ketones is 1. The third-order valence-corrected chi connectivity index (χ3v) is 6.76. The minimum Gasteiger partial charge on any atom is -0.349 e. The number of Topliss-reactive ketones (excluding diaryl/α,β-unsaturated/α-hetero) is 1. The van der Waals surface area contributed by atoms with E-state index in [2.05, 4.69) is 20.9 Å². The molecule has 1 aromatic heterocycles. The number of amides is 3. The lowest BCUT2D eigenvalue weighted by atomic mass is 10.0. The second kappa shape index (κ2) is 15.2. The van der Waals surface area contributed by atoms with Gasteiger partial charge in [0.15, 0.2) is 5.78 Å². The fourth-order valence-electron chi connectivity index (χ4n) is 4.61. The van der Waals surface area contributed by atoms with E-state index >= 15 is 0 Å². The van der Waals surface area contributed by atoms with Crippen molar-refractivity contribution >= 4 is 23.5 Å². The zero-order chi connectivity index (χ0) is 30.6. The molecule has 0 aliphatic carbocycles. The Hall–Kier alpha value is -5.11. The van der Waals surface area contributed by atoms with E-state index in [0.29, 0.717) is 12.0 Å². The molecule has 8 heteroatoms. The molecule has 0 unspecified atom stereocenters. The maximum absolute atomic E-state index is 13.1. The third-order valence-electron chi connectivity index (χ3n) is 6.76. The Balaban J connectivity index is 1.27. The molecule has 0 radical (unpaired) electrons. The van der Waals surface area contributed by atoms with Crippen LogP contribution in [0.4, 0.5) is 0 Å². The van der Waals surface area contributed by atoms with Crippen molar-refractivity contribution in [2.45, 2.75) is 32.7 Å². The fourth-order valence-corrected chi connectivity index (χ4v) is 4.61. The van der Waals surface area contributed by atoms with Crippen LogP contribution >= 0.6 is 0 Å². The number of pyridine rings is 1. The van der Waals surface area contributed by atoms with Crippen molar-refractivity contribution in [3.63, 3.8) is 0 Å². The molecule has 0 aliphatic rings. The molecule has 0 saturated heterocycles. The Morgan fingerprint density at radius 3 is 2.16 bits per heavy atom. The SMILES string of the molecule is CC(C)C[C@H](NC(=O)c1cccc(-c2ccccn2)c1)C(=O)NCC(=O)CNC(=O)Cc1cccc(-c2ccccc2)c1. The van der Waals surface area contributed by atoms with Gasteiger partial charge in [0, 0.05) is 17.3 Å². The van der Waals surface area contributed by atoms with Gasteiger partial charge < -0.3 is 16.0 Å². The van der Waals surface area contributed by atoms with Gasteiger partial charge in [-0.1, -0.05) is 86.6 Å². The van der Waals surface area contributed by atoms with Crippen molar-refractivity contribution < 1.29 is 19.2 Å². The topological polar surface area (TPSA) is 117 Å². The monoisotopic (exact) mass is 576 g/mol. The van der Waals surface area contributed by atoms with Crippen LogP contribution in [0.5, 0.6) is 0 Å². The molecule has 4 rings (SSSR count). The van der Waals surface area contributed by atoms with Crippen LogP contribution < -0.4 is 16.0 Å². The van der Waals surface area contributed by atoms with Gasteiger partial charge in [-0.05, 0) is 53.3 Å². The number of benzene rings is 3. The van der Waals surface area contributed by atoms with Gasteiger partial charge in [-0.2, -0.15) is 0 Å². The summed E-state index contributed by atoms with van der Waals surface area (Å²) in [5, 5.41) is 8.06. The molecule has 0 aliphatic heterocycles. The maximum atomic E-state index is 13.1. The number of hydrogen-bond acceptors (Lipinski definition) is 5. The summed E-state index contributed by atoms with van der Waals surface area (Å²) >= 11 is 0. The zero-order valence-corrected chi connectivity index (χ0v) is 24.4. The lowest BCUT2D eigenvalue weighted by molar-refractivity contribution is -0.127. The summed E-state index contributed by atoms with van der Waals surface area (Å²) in [6, 6.07) is 29.3. The van der Waals surface area contributed by atoms with Crippen molar-refractivity contribution in [3.05, 3.63) is 114 Å². The molecule has 1 heterocycles. The number of hydrogen-bond donors (Lipinski definition) is 3. The molecule has 220 valence electrons. The number of rotatable bonds is 13. The van der Waals surface area contributed by atoms with Crippen molar-refractivity contribution in [2.75, 3.05) is 13.1 Å². The fraction of sp³-hybridized carbons (Fsp3) is 0.229. The number of aromatic nitrogens is 1. The first-order valence-corrected chi connectivity index (χ1v) is 14.3. The van der Waals surface area contributed by atoms with E-state index in [-0.39, 0.29) is 37.1 Å². The summed E-state index contributed by atoms with van der Waals surface area (Å²) < 4.78 is 0. The van der Waals surface area contributed by atoms with Gasteiger partial charge in [0.05, 0.1) is 25.2 Å². The van der Waals surface area contributed by atoms with E-state index < -0.39 is 17.9 Å². The summed E-state index contributed by atoms with van der Waals surface area (Å²) in [6.45, 7) is 3.43. The summed E-state index contributed by atoms with van der Waals surface area (Å²) in [5.41, 5.74) is 4.82. The Morgan fingerprint density at radius 2 is 1.42 bits per heavy atom. The molecule has 3 N–H and O–H groups in total. The van der Waals surface area contributed by atoms with Crippen molar-refractivity contribution in [1.82, 2.24) is 20.9 Å². The number of carbonyl (C=O) groups is 4. The molecule has 1 atom stereocenters. The lowest BCUT2D eigenvalue weighted by Gasteiger charge is -2.20. The second-order valence-electron chi connectivity index (χ2n) is 10.7. The van der Waals surface area contributed by atoms with Crippen molar-refractivity contribution in [2.24, 2.45) is 5.92 Å². The first-order valence-electron chi connectivity index (χ1n) is 14.3. The van der Waals surface area contributed by atoms with Gasteiger partial charge in [0.25, 0.3) is 5.91 Å². The lowest BCUT2D eigenvalue weighted by Crippen LogP contribution is -2.49. The Labute approximate surface area is 251 Å². The summed E-state index contributed by atoms with van der Waals surface area (Å²) in [7, 11) is 0. The quantitative estimate of drug-likeness (QED) is 0.215. The highest BCUT2D eigenvalue weighted by Crippen LogP contribution is 2.20. The largest absolute Gasteiger partial charge is 0.349 e. The van der Waals surface area contributed by atoms with E-state index in [9.17, 15) is 19.2 Å². The van der Waals surface area contributed by atoms with Crippen LogP contribution in [-0.4, -0.2) is 47.6 Å². The normalized spacial score (nSPS) is 11.4. The van der Waals surface area contributed by atoms with Crippen LogP contribution in [0.1, 0.15) is 36.2 Å². The van der Waals surface area contributed by atoms with Crippen LogP contribution in [0.2, 0.25) is 0 Å². The van der Waals surface area contributed by atoms with Gasteiger partial charge in [-0.3, -0.25) is 24.2 Å². The molecular formula is C35H36N4O4. The summed E-state index contributed by atoms with van der Waals surface area (Å²) in [5.74, 6) is -1.37. The molecular weight excluding hydrogens is 540 g/mol. The maximum Gasteiger partial charge on any atom is 0.251 e. The number of nitrogens with zero attached hydrogens (tertiary/aromatic N) is 1. The molecule has 8 nitrogen and oxygen atoms in total. The van der Waals surface area contributed by atoms with Crippen LogP contribution in [0.25, 0.3) is 22.4 Å². The Morgan fingerprint density at radius 1 is 0.721 bits per heavy atom. The summed E-state index contributed by atoms with van der Waals surface area (Å²) in [6.07, 6.45) is 2.21. The predicted octanol–water partition coefficient (Wildman–Crippen LogP) is 4.60. The average Bonchev–Trinajstić information content (AvgIpc) is 3.03. The van der Waals surface area contributed by atoms with Gasteiger partial charge in [-0.25, -0.2) is 0 Å². The average molecular weight is 577 g/mol. The van der Waals surface area contributed by atoms with Gasteiger partial charge in [0.2, 0.25) is 11.8 Å². The molecule has 0 saturated carbocycles. The zero-order valence-electron chi connectivity index (χ0n) is 24.4. The van der Waals surface area contributed by atoms with E-state index in [0.717, 1.165) is 27.9 Å². The molecule has 3 aromatic carbocycles. The molecule has 43 heavy (non-hydrogen) atoms. The number of carbonyl (C=O) groups excluding carboxylic acids is 4. The van der Waals surface area contributed by atoms with E-state index in [1.807, 2.05) is 92.7 Å². The number of nitrogens with one attached hydrogen (secondary N) is 3. The standard InChI is InChI=1S/C35H36N4O4/c1-24(2)18-32(39-34(42)29-15-9-14-28(21-29)31-16-6-7-17-36-31)35(43)38-23-30(40)22-37-33(41)20-25-10-8-13-27(19-25)26-11-4-3-5-12-26/h3-17,19,21,24,32H,18,20,22-23H2,1-2H3,(H,37,41)(H,38,43)(H,39,42)/t32-/m0/s1. The van der Waals surface area contributed by atoms with E-state index in [4.69, 9.17) is 0 Å². The first kappa shape index (κ1) is 30.8. The van der Waals surface area contributed by atoms with Gasteiger partial charge >= 0.3 is 0 Å². The smallest absolute Gasteiger partial charge is 0.251 e. The first-order chi connectivity index (χ1) is 20.8. The molecule has 0 fully saturated rings. The minimum absolute atomic E-state index is 0.117. The highest BCUT2D eigenvalue weighted by molar-refractivity contribution is 5.99. The third kappa shape index (κ3) is 9.46. The van der Waals surface area contributed by atoms with Crippen LogP contribution in [0.3, 0.4) is 0 Å². The summed E-state index contributed by atoms with van der Waals surface area (Å²) in [4.78, 5) is 55.4. The Kier molecular flexibility index (Phi) is 10.9. The molecule has 4 aromatic rings. The molecule has 0 spiro atoms. The van der Waals surface area contributed by atoms with Crippen LogP contribution in [0.15, 0.2) is 103 Å². The second-order valence-corrected chi connectivity index (χ2v) is 10.7. The van der Waals surface area contributed by atoms with Crippen LogP contribution in [-0.2, 0) is 20.8 Å². The Bertz CT molecular complexity index is 1550. The van der Waals surface area contributed by atoms with Gasteiger partial charge in [0.1, 0.15) is 6.04 Å². The molecule has 3 amide bonds.